The van der Waals surface area contributed by atoms with E-state index in [4.69, 9.17) is 0 Å². The van der Waals surface area contributed by atoms with Crippen molar-refractivity contribution in [2.75, 3.05) is 4.43 Å². The van der Waals surface area contributed by atoms with Gasteiger partial charge in [-0.3, -0.25) is 0 Å². The topological polar surface area (TPSA) is 0 Å². The fourth-order valence-electron chi connectivity index (χ4n) is 0.285. The number of hydrogen-bond donors (Lipinski definition) is 0. The van der Waals surface area contributed by atoms with Crippen LogP contribution in [0.3, 0.4) is 0 Å². The van der Waals surface area contributed by atoms with E-state index in [1.165, 1.54) is 0 Å². The lowest BCUT2D eigenvalue weighted by Gasteiger charge is -1.90. The molecule has 0 aliphatic carbocycles. The summed E-state index contributed by atoms with van der Waals surface area (Å²) in [7, 11) is 0. The van der Waals surface area contributed by atoms with Gasteiger partial charge in [-0.2, -0.15) is 0 Å². The smallest absolute Gasteiger partial charge is 0.0264 e. The summed E-state index contributed by atoms with van der Waals surface area (Å²) in [6, 6.07) is 0. The van der Waals surface area contributed by atoms with E-state index >= 15 is 0 Å². The van der Waals surface area contributed by atoms with Crippen LogP contribution >= 0.6 is 22.6 Å². The molecule has 0 nitrogen and oxygen atoms in total. The van der Waals surface area contributed by atoms with E-state index in [1.807, 2.05) is 6.92 Å². The van der Waals surface area contributed by atoms with E-state index in [-0.39, 0.29) is 0 Å². The molecule has 40 valence electrons. The van der Waals surface area contributed by atoms with Gasteiger partial charge in [0.15, 0.2) is 0 Å². The van der Waals surface area contributed by atoms with Gasteiger partial charge in [-0.25, -0.2) is 0 Å². The average molecular weight is 208 g/mol. The summed E-state index contributed by atoms with van der Waals surface area (Å²) in [4.78, 5) is 0. The van der Waals surface area contributed by atoms with Gasteiger partial charge in [-0.1, -0.05) is 35.4 Å². The molecule has 0 aromatic carbocycles. The van der Waals surface area contributed by atoms with Crippen molar-refractivity contribution in [3.05, 3.63) is 0 Å². The highest BCUT2D eigenvalue weighted by Crippen LogP contribution is 1.96. The van der Waals surface area contributed by atoms with Gasteiger partial charge in [0.05, 0.1) is 0 Å². The minimum absolute atomic E-state index is 0.575. The SMILES string of the molecule is CC#CC(C)CI. The summed E-state index contributed by atoms with van der Waals surface area (Å²) in [5.41, 5.74) is 0. The molecule has 0 amide bonds. The fraction of sp³-hybridized carbons (Fsp3) is 0.667. The average Bonchev–Trinajstić information content (AvgIpc) is 1.68. The normalized spacial score (nSPS) is 11.9. The lowest BCUT2D eigenvalue weighted by molar-refractivity contribution is 0.898. The first-order valence-corrected chi connectivity index (χ1v) is 3.82. The Morgan fingerprint density at radius 2 is 2.29 bits per heavy atom. The van der Waals surface area contributed by atoms with Crippen molar-refractivity contribution < 1.29 is 0 Å². The standard InChI is InChI=1S/C6H9I/c1-3-4-6(2)5-7/h6H,5H2,1-2H3. The van der Waals surface area contributed by atoms with E-state index in [1.54, 1.807) is 0 Å². The molecule has 0 aliphatic rings. The third kappa shape index (κ3) is 4.14. The van der Waals surface area contributed by atoms with Crippen LogP contribution in [0.15, 0.2) is 0 Å². The van der Waals surface area contributed by atoms with Gasteiger partial charge < -0.3 is 0 Å². The molecule has 0 rings (SSSR count). The number of alkyl halides is 1. The maximum atomic E-state index is 3.04. The lowest BCUT2D eigenvalue weighted by Crippen LogP contribution is -1.87. The first-order chi connectivity index (χ1) is 3.31. The first-order valence-electron chi connectivity index (χ1n) is 2.29. The molecular formula is C6H9I. The Kier molecular flexibility index (Phi) is 4.63. The van der Waals surface area contributed by atoms with Crippen molar-refractivity contribution in [3.63, 3.8) is 0 Å². The number of rotatable bonds is 1. The Morgan fingerprint density at radius 3 is 2.43 bits per heavy atom. The Morgan fingerprint density at radius 1 is 1.71 bits per heavy atom. The molecule has 0 bridgehead atoms. The van der Waals surface area contributed by atoms with Crippen molar-refractivity contribution in [1.82, 2.24) is 0 Å². The van der Waals surface area contributed by atoms with Crippen LogP contribution in [0.1, 0.15) is 13.8 Å². The van der Waals surface area contributed by atoms with Gasteiger partial charge in [-0.15, -0.1) is 5.92 Å². The molecule has 0 fully saturated rings. The summed E-state index contributed by atoms with van der Waals surface area (Å²) in [5, 5.41) is 0. The molecule has 1 heteroatoms. The van der Waals surface area contributed by atoms with Crippen LogP contribution in [0.25, 0.3) is 0 Å². The van der Waals surface area contributed by atoms with Crippen LogP contribution in [0.5, 0.6) is 0 Å². The van der Waals surface area contributed by atoms with Crippen molar-refractivity contribution >= 4 is 22.6 Å². The largest absolute Gasteiger partial charge is 0.106 e. The summed E-state index contributed by atoms with van der Waals surface area (Å²) in [5.74, 6) is 6.48. The molecule has 7 heavy (non-hydrogen) atoms. The predicted molar refractivity (Wildman–Crippen MR) is 41.5 cm³/mol. The molecule has 0 aromatic rings. The minimum Gasteiger partial charge on any atom is -0.106 e. The second-order valence-electron chi connectivity index (χ2n) is 1.45. The maximum Gasteiger partial charge on any atom is 0.0264 e. The molecule has 0 radical (unpaired) electrons. The van der Waals surface area contributed by atoms with Gasteiger partial charge in [0.1, 0.15) is 0 Å². The zero-order valence-electron chi connectivity index (χ0n) is 4.66. The Bertz CT molecular complexity index is 86.1. The van der Waals surface area contributed by atoms with Crippen molar-refractivity contribution in [1.29, 1.82) is 0 Å². The minimum atomic E-state index is 0.575. The highest BCUT2D eigenvalue weighted by molar-refractivity contribution is 14.1. The van der Waals surface area contributed by atoms with Gasteiger partial charge in [0.25, 0.3) is 0 Å². The predicted octanol–water partition coefficient (Wildman–Crippen LogP) is 2.08. The molecule has 0 spiro atoms. The van der Waals surface area contributed by atoms with E-state index < -0.39 is 0 Å². The van der Waals surface area contributed by atoms with E-state index in [0.717, 1.165) is 4.43 Å². The van der Waals surface area contributed by atoms with E-state index in [2.05, 4.69) is 41.4 Å². The molecule has 0 heterocycles. The van der Waals surface area contributed by atoms with E-state index in [9.17, 15) is 0 Å². The molecule has 0 saturated carbocycles. The second kappa shape index (κ2) is 4.45. The summed E-state index contributed by atoms with van der Waals surface area (Å²) < 4.78 is 1.14. The van der Waals surface area contributed by atoms with Crippen LogP contribution in [0.2, 0.25) is 0 Å². The van der Waals surface area contributed by atoms with Gasteiger partial charge in [0, 0.05) is 10.3 Å². The van der Waals surface area contributed by atoms with E-state index in [0.29, 0.717) is 5.92 Å². The maximum absolute atomic E-state index is 3.04. The van der Waals surface area contributed by atoms with Gasteiger partial charge in [0.2, 0.25) is 0 Å². The van der Waals surface area contributed by atoms with Gasteiger partial charge in [-0.05, 0) is 6.92 Å². The molecule has 0 saturated heterocycles. The van der Waals surface area contributed by atoms with Crippen molar-refractivity contribution in [3.8, 4) is 11.8 Å². The molecule has 1 unspecified atom stereocenters. The van der Waals surface area contributed by atoms with Crippen LogP contribution in [-0.2, 0) is 0 Å². The van der Waals surface area contributed by atoms with Crippen molar-refractivity contribution in [2.24, 2.45) is 5.92 Å². The summed E-state index contributed by atoms with van der Waals surface area (Å²) in [6.45, 7) is 4.01. The molecule has 0 aromatic heterocycles. The Hall–Kier alpha value is 0.290. The third-order valence-corrected chi connectivity index (χ3v) is 1.94. The number of halogens is 1. The quantitative estimate of drug-likeness (QED) is 0.351. The zero-order valence-corrected chi connectivity index (χ0v) is 6.82. The first kappa shape index (κ1) is 7.29. The highest BCUT2D eigenvalue weighted by atomic mass is 127. The zero-order chi connectivity index (χ0) is 5.70. The Balaban J connectivity index is 3.29. The molecular weight excluding hydrogens is 199 g/mol. The van der Waals surface area contributed by atoms with Gasteiger partial charge >= 0.3 is 0 Å². The summed E-state index contributed by atoms with van der Waals surface area (Å²) in [6.07, 6.45) is 0. The molecule has 0 aliphatic heterocycles. The highest BCUT2D eigenvalue weighted by Gasteiger charge is 1.87. The molecule has 0 N–H and O–H groups in total. The monoisotopic (exact) mass is 208 g/mol. The summed E-state index contributed by atoms with van der Waals surface area (Å²) >= 11 is 2.33. The van der Waals surface area contributed by atoms with Crippen LogP contribution in [0, 0.1) is 17.8 Å². The second-order valence-corrected chi connectivity index (χ2v) is 2.33. The third-order valence-electron chi connectivity index (χ3n) is 0.622. The Labute approximate surface area is 58.8 Å². The van der Waals surface area contributed by atoms with Crippen LogP contribution in [-0.4, -0.2) is 4.43 Å². The van der Waals surface area contributed by atoms with Crippen LogP contribution < -0.4 is 0 Å². The molecule has 1 atom stereocenters. The number of hydrogen-bond acceptors (Lipinski definition) is 0. The van der Waals surface area contributed by atoms with Crippen molar-refractivity contribution in [2.45, 2.75) is 13.8 Å². The fourth-order valence-corrected chi connectivity index (χ4v) is 0.505. The van der Waals surface area contributed by atoms with Crippen LogP contribution in [0.4, 0.5) is 0 Å². The lowest BCUT2D eigenvalue weighted by atomic mass is 10.2.